The van der Waals surface area contributed by atoms with Crippen LogP contribution in [0.25, 0.3) is 87.6 Å². The van der Waals surface area contributed by atoms with E-state index in [0.717, 1.165) is 16.3 Å². The summed E-state index contributed by atoms with van der Waals surface area (Å²) in [4.78, 5) is 0. The second-order valence-corrected chi connectivity index (χ2v) is 10.1. The average Bonchev–Trinajstić information content (AvgIpc) is 3.61. The summed E-state index contributed by atoms with van der Waals surface area (Å²) in [5.74, 6) is 0. The molecule has 0 aliphatic rings. The smallest absolute Gasteiger partial charge is 0.136 e. The van der Waals surface area contributed by atoms with Crippen molar-refractivity contribution in [2.75, 3.05) is 0 Å². The third kappa shape index (κ3) is 3.65. The Balaban J connectivity index is 1.63. The molecule has 1 aromatic heterocycles. The molecule has 43 heavy (non-hydrogen) atoms. The number of hydrogen-bond donors (Lipinski definition) is 0. The average molecular weight is 562 g/mol. The zero-order valence-electron chi connectivity index (χ0n) is 37.3. The monoisotopic (exact) mass is 561 g/mol. The van der Waals surface area contributed by atoms with Crippen LogP contribution in [0, 0.1) is 0 Å². The highest BCUT2D eigenvalue weighted by molar-refractivity contribution is 6.24. The Morgan fingerprint density at radius 1 is 0.419 bits per heavy atom. The summed E-state index contributed by atoms with van der Waals surface area (Å²) in [5.41, 5.74) is 1.80. The van der Waals surface area contributed by atoms with Crippen LogP contribution in [-0.2, 0) is 0 Å². The van der Waals surface area contributed by atoms with Crippen LogP contribution in [0.3, 0.4) is 0 Å². The predicted molar refractivity (Wildman–Crippen MR) is 183 cm³/mol. The van der Waals surface area contributed by atoms with Gasteiger partial charge in [0, 0.05) is 10.8 Å². The highest BCUT2D eigenvalue weighted by Crippen LogP contribution is 2.47. The quantitative estimate of drug-likeness (QED) is 0.196. The summed E-state index contributed by atoms with van der Waals surface area (Å²) in [7, 11) is 0. The van der Waals surface area contributed by atoms with Gasteiger partial charge in [-0.15, -0.1) is 0 Å². The fourth-order valence-corrected chi connectivity index (χ4v) is 6.01. The normalized spacial score (nSPS) is 16.6. The Labute approximate surface area is 270 Å². The molecule has 1 nitrogen and oxygen atoms in total. The van der Waals surface area contributed by atoms with Crippen molar-refractivity contribution in [1.82, 2.24) is 0 Å². The van der Waals surface area contributed by atoms with E-state index in [-0.39, 0.29) is 38.2 Å². The Kier molecular flexibility index (Phi) is 2.97. The summed E-state index contributed by atoms with van der Waals surface area (Å²) >= 11 is 0. The van der Waals surface area contributed by atoms with Crippen LogP contribution < -0.4 is 0 Å². The summed E-state index contributed by atoms with van der Waals surface area (Å²) in [5, 5.41) is -0.365. The first-order valence-corrected chi connectivity index (χ1v) is 13.6. The minimum Gasteiger partial charge on any atom is -0.456 e. The maximum atomic E-state index is 9.43. The fourth-order valence-electron chi connectivity index (χ4n) is 6.01. The Hall–Kier alpha value is -5.66. The minimum atomic E-state index is -0.762. The molecule has 0 saturated heterocycles. The van der Waals surface area contributed by atoms with Crippen LogP contribution in [0.15, 0.2) is 162 Å². The molecule has 0 N–H and O–H groups in total. The van der Waals surface area contributed by atoms with Gasteiger partial charge in [0.1, 0.15) is 11.2 Å². The molecule has 0 amide bonds. The van der Waals surface area contributed by atoms with Gasteiger partial charge in [-0.25, -0.2) is 0 Å². The summed E-state index contributed by atoms with van der Waals surface area (Å²) < 4.78 is 141. The summed E-state index contributed by atoms with van der Waals surface area (Å²) in [6, 6.07) is 9.83. The van der Waals surface area contributed by atoms with Crippen molar-refractivity contribution in [3.05, 3.63) is 157 Å². The lowest BCUT2D eigenvalue weighted by Crippen LogP contribution is -1.92. The van der Waals surface area contributed by atoms with Crippen LogP contribution in [0.1, 0.15) is 20.6 Å². The molecule has 0 atom stereocenters. The van der Waals surface area contributed by atoms with Gasteiger partial charge < -0.3 is 4.42 Å². The van der Waals surface area contributed by atoms with E-state index < -0.39 is 107 Å². The highest BCUT2D eigenvalue weighted by Gasteiger charge is 2.20. The van der Waals surface area contributed by atoms with Crippen molar-refractivity contribution in [2.45, 2.75) is 0 Å². The van der Waals surface area contributed by atoms with E-state index in [1.54, 1.807) is 18.2 Å². The van der Waals surface area contributed by atoms with Gasteiger partial charge in [0.2, 0.25) is 0 Å². The molecule has 200 valence electrons. The first kappa shape index (κ1) is 13.5. The highest BCUT2D eigenvalue weighted by atomic mass is 16.3. The van der Waals surface area contributed by atoms with Crippen LogP contribution in [0.2, 0.25) is 0 Å². The Morgan fingerprint density at radius 3 is 1.77 bits per heavy atom. The van der Waals surface area contributed by atoms with E-state index in [1.807, 2.05) is 48.5 Å². The molecule has 0 aliphatic carbocycles. The predicted octanol–water partition coefficient (Wildman–Crippen LogP) is 12.0. The largest absolute Gasteiger partial charge is 0.456 e. The molecule has 0 aliphatic heterocycles. The van der Waals surface area contributed by atoms with E-state index in [2.05, 4.69) is 0 Å². The van der Waals surface area contributed by atoms with Crippen molar-refractivity contribution in [3.8, 4) is 33.4 Å². The minimum absolute atomic E-state index is 0.00626. The van der Waals surface area contributed by atoms with E-state index in [0.29, 0.717) is 16.7 Å². The van der Waals surface area contributed by atoms with Crippen LogP contribution in [-0.4, -0.2) is 0 Å². The third-order valence-electron chi connectivity index (χ3n) is 7.79. The van der Waals surface area contributed by atoms with Crippen molar-refractivity contribution >= 4 is 54.3 Å². The molecule has 0 unspecified atom stereocenters. The number of fused-ring (bicyclic) bond motifs is 6. The van der Waals surface area contributed by atoms with E-state index in [1.165, 1.54) is 0 Å². The molecule has 1 heterocycles. The molecular weight excluding hydrogens is 520 g/mol. The SMILES string of the molecule is [2H]c1c([2H])c([2H])c2c(-c3c4c([2H])c([2H])c([2H])c([2H])c4c(-c4cc(-c5ccccc5)c5c(c4)oc4ccccc45)c4c([2H])c([2H])c([2H])c([2H])c34)c([2H])c([2H])c([2H])c2c1[2H]. The lowest BCUT2D eigenvalue weighted by atomic mass is 9.84. The van der Waals surface area contributed by atoms with Gasteiger partial charge in [0.15, 0.2) is 0 Å². The van der Waals surface area contributed by atoms with Gasteiger partial charge in [0.05, 0.1) is 20.6 Å². The van der Waals surface area contributed by atoms with Gasteiger partial charge in [-0.3, -0.25) is 0 Å². The fraction of sp³-hybridized carbons (Fsp3) is 0. The van der Waals surface area contributed by atoms with Gasteiger partial charge in [0.25, 0.3) is 0 Å². The lowest BCUT2D eigenvalue weighted by Gasteiger charge is -2.19. The number of para-hydroxylation sites is 1. The van der Waals surface area contributed by atoms with Crippen LogP contribution in [0.4, 0.5) is 0 Å². The number of benzene rings is 8. The van der Waals surface area contributed by atoms with Gasteiger partial charge in [-0.1, -0.05) is 139 Å². The van der Waals surface area contributed by atoms with Crippen molar-refractivity contribution in [1.29, 1.82) is 0 Å². The molecule has 9 aromatic rings. The molecular formula is C42H26O. The lowest BCUT2D eigenvalue weighted by molar-refractivity contribution is 0.669. The number of rotatable bonds is 3. The number of hydrogen-bond acceptors (Lipinski definition) is 1. The molecule has 0 bridgehead atoms. The Bertz CT molecular complexity index is 3250. The molecule has 8 aromatic carbocycles. The topological polar surface area (TPSA) is 13.1 Å². The van der Waals surface area contributed by atoms with Gasteiger partial charge in [-0.05, 0) is 83.9 Å². The van der Waals surface area contributed by atoms with E-state index in [9.17, 15) is 6.85 Å². The van der Waals surface area contributed by atoms with Gasteiger partial charge in [-0.2, -0.15) is 0 Å². The molecule has 9 rings (SSSR count). The maximum absolute atomic E-state index is 9.43. The van der Waals surface area contributed by atoms with E-state index in [4.69, 9.17) is 18.1 Å². The van der Waals surface area contributed by atoms with Crippen LogP contribution in [0.5, 0.6) is 0 Å². The van der Waals surface area contributed by atoms with E-state index >= 15 is 0 Å². The molecule has 0 saturated carbocycles. The van der Waals surface area contributed by atoms with Crippen molar-refractivity contribution in [3.63, 3.8) is 0 Å². The second kappa shape index (κ2) is 9.44. The summed E-state index contributed by atoms with van der Waals surface area (Å²) in [6.07, 6.45) is 0. The first-order valence-electron chi connectivity index (χ1n) is 21.1. The summed E-state index contributed by atoms with van der Waals surface area (Å²) in [6.45, 7) is 0. The van der Waals surface area contributed by atoms with Crippen LogP contribution >= 0.6 is 0 Å². The number of furan rings is 1. The molecule has 0 fully saturated rings. The zero-order valence-corrected chi connectivity index (χ0v) is 22.3. The van der Waals surface area contributed by atoms with Crippen molar-refractivity contribution < 1.29 is 25.0 Å². The maximum Gasteiger partial charge on any atom is 0.136 e. The molecule has 0 radical (unpaired) electrons. The third-order valence-corrected chi connectivity index (χ3v) is 7.79. The second-order valence-electron chi connectivity index (χ2n) is 10.1. The first-order chi connectivity index (χ1) is 27.6. The zero-order chi connectivity index (χ0) is 41.4. The van der Waals surface area contributed by atoms with Crippen molar-refractivity contribution in [2.24, 2.45) is 0 Å². The molecule has 0 spiro atoms. The Morgan fingerprint density at radius 2 is 1.02 bits per heavy atom. The standard InChI is InChI=1S/C42H26O/c1-2-13-28(14-3-1)37-25-29(26-39-42(37)36-22-10-11-24-38(36)43-39)40-32-18-6-8-20-34(32)41(35-21-9-7-19-33(35)40)31-23-12-16-27-15-4-5-17-30(27)31/h1-26H/i4D,5D,6D,7D,8D,9D,12D,15D,16D,17D,18D,19D,20D,21D,23D. The van der Waals surface area contributed by atoms with Gasteiger partial charge >= 0.3 is 0 Å². The molecule has 1 heteroatoms.